The normalized spacial score (nSPS) is 13.4. The minimum absolute atomic E-state index is 0.0549. The second-order valence-corrected chi connectivity index (χ2v) is 6.60. The van der Waals surface area contributed by atoms with E-state index in [1.165, 1.54) is 5.56 Å². The highest BCUT2D eigenvalue weighted by Gasteiger charge is 2.24. The minimum atomic E-state index is -0.121. The summed E-state index contributed by atoms with van der Waals surface area (Å²) in [4.78, 5) is 11.8. The molecular formula is C15H22BrNO. The molecule has 2 nitrogen and oxygen atoms in total. The Bertz CT molecular complexity index is 387. The molecule has 100 valence electrons. The molecule has 0 heterocycles. The monoisotopic (exact) mass is 311 g/mol. The molecule has 1 amide bonds. The first kappa shape index (κ1) is 15.2. The number of hydrogen-bond donors (Lipinski definition) is 1. The van der Waals surface area contributed by atoms with Crippen molar-refractivity contribution < 1.29 is 4.79 Å². The van der Waals surface area contributed by atoms with E-state index in [9.17, 15) is 4.79 Å². The van der Waals surface area contributed by atoms with Crippen LogP contribution in [-0.4, -0.2) is 17.3 Å². The number of carbonyl (C=O) groups is 1. The zero-order chi connectivity index (χ0) is 13.8. The topological polar surface area (TPSA) is 29.1 Å². The summed E-state index contributed by atoms with van der Waals surface area (Å²) in [7, 11) is 0. The van der Waals surface area contributed by atoms with Crippen LogP contribution in [0.3, 0.4) is 0 Å². The molecule has 0 aliphatic heterocycles. The third-order valence-electron chi connectivity index (χ3n) is 3.10. The summed E-state index contributed by atoms with van der Waals surface area (Å²) in [5.41, 5.74) is 1.18. The van der Waals surface area contributed by atoms with E-state index < -0.39 is 0 Å². The Kier molecular flexibility index (Phi) is 5.39. The highest BCUT2D eigenvalue weighted by molar-refractivity contribution is 9.10. The van der Waals surface area contributed by atoms with E-state index in [0.29, 0.717) is 12.5 Å². The SMILES string of the molecule is CC(C)C(Br)C(=O)NCC(C)(C)c1ccccc1. The molecular weight excluding hydrogens is 290 g/mol. The van der Waals surface area contributed by atoms with Crippen molar-refractivity contribution in [3.63, 3.8) is 0 Å². The van der Waals surface area contributed by atoms with Crippen LogP contribution in [-0.2, 0) is 10.2 Å². The number of halogens is 1. The fourth-order valence-corrected chi connectivity index (χ4v) is 1.86. The van der Waals surface area contributed by atoms with Gasteiger partial charge in [0.2, 0.25) is 5.91 Å². The van der Waals surface area contributed by atoms with Gasteiger partial charge in [-0.1, -0.05) is 74.0 Å². The lowest BCUT2D eigenvalue weighted by Gasteiger charge is -2.26. The number of carbonyl (C=O) groups excluding carboxylic acids is 1. The smallest absolute Gasteiger partial charge is 0.234 e. The van der Waals surface area contributed by atoms with E-state index in [1.807, 2.05) is 32.0 Å². The van der Waals surface area contributed by atoms with Crippen molar-refractivity contribution in [1.29, 1.82) is 0 Å². The van der Waals surface area contributed by atoms with Gasteiger partial charge in [-0.05, 0) is 11.5 Å². The zero-order valence-electron chi connectivity index (χ0n) is 11.5. The standard InChI is InChI=1S/C15H22BrNO/c1-11(2)13(16)14(18)17-10-15(3,4)12-8-6-5-7-9-12/h5-9,11,13H,10H2,1-4H3,(H,17,18). The Morgan fingerprint density at radius 1 is 1.28 bits per heavy atom. The van der Waals surface area contributed by atoms with Crippen molar-refractivity contribution >= 4 is 21.8 Å². The summed E-state index contributed by atoms with van der Waals surface area (Å²) in [5, 5.41) is 3.02. The fourth-order valence-electron chi connectivity index (χ4n) is 1.70. The second-order valence-electron chi connectivity index (χ2n) is 5.61. The van der Waals surface area contributed by atoms with Gasteiger partial charge in [0.1, 0.15) is 0 Å². The number of nitrogens with one attached hydrogen (secondary N) is 1. The molecule has 18 heavy (non-hydrogen) atoms. The molecule has 0 aliphatic carbocycles. The predicted octanol–water partition coefficient (Wildman–Crippen LogP) is 3.50. The first-order valence-electron chi connectivity index (χ1n) is 6.32. The summed E-state index contributed by atoms with van der Waals surface area (Å²) >= 11 is 3.42. The molecule has 1 aromatic carbocycles. The maximum absolute atomic E-state index is 11.9. The van der Waals surface area contributed by atoms with Crippen LogP contribution in [0, 0.1) is 5.92 Å². The molecule has 1 aromatic rings. The molecule has 0 saturated heterocycles. The average molecular weight is 312 g/mol. The molecule has 0 spiro atoms. The van der Waals surface area contributed by atoms with Crippen LogP contribution < -0.4 is 5.32 Å². The Balaban J connectivity index is 2.60. The molecule has 1 N–H and O–H groups in total. The Morgan fingerprint density at radius 2 is 1.83 bits per heavy atom. The van der Waals surface area contributed by atoms with Crippen molar-refractivity contribution in [3.05, 3.63) is 35.9 Å². The maximum atomic E-state index is 11.9. The highest BCUT2D eigenvalue weighted by Crippen LogP contribution is 2.22. The van der Waals surface area contributed by atoms with E-state index in [1.54, 1.807) is 0 Å². The van der Waals surface area contributed by atoms with Crippen molar-refractivity contribution in [2.24, 2.45) is 5.92 Å². The molecule has 1 rings (SSSR count). The van der Waals surface area contributed by atoms with Crippen LogP contribution >= 0.6 is 15.9 Å². The van der Waals surface area contributed by atoms with Gasteiger partial charge in [-0.25, -0.2) is 0 Å². The van der Waals surface area contributed by atoms with Crippen molar-refractivity contribution in [1.82, 2.24) is 5.32 Å². The van der Waals surface area contributed by atoms with Gasteiger partial charge in [-0.2, -0.15) is 0 Å². The minimum Gasteiger partial charge on any atom is -0.354 e. The van der Waals surface area contributed by atoms with E-state index in [2.05, 4.69) is 47.2 Å². The van der Waals surface area contributed by atoms with Gasteiger partial charge in [0.25, 0.3) is 0 Å². The van der Waals surface area contributed by atoms with Gasteiger partial charge in [0.15, 0.2) is 0 Å². The third-order valence-corrected chi connectivity index (χ3v) is 4.57. The lowest BCUT2D eigenvalue weighted by molar-refractivity contribution is -0.121. The van der Waals surface area contributed by atoms with Crippen molar-refractivity contribution in [2.75, 3.05) is 6.54 Å². The molecule has 0 aliphatic rings. The quantitative estimate of drug-likeness (QED) is 0.829. The zero-order valence-corrected chi connectivity index (χ0v) is 13.1. The predicted molar refractivity (Wildman–Crippen MR) is 80.0 cm³/mol. The molecule has 0 bridgehead atoms. The summed E-state index contributed by atoms with van der Waals surface area (Å²) in [6.45, 7) is 8.98. The van der Waals surface area contributed by atoms with E-state index in [4.69, 9.17) is 0 Å². The first-order valence-corrected chi connectivity index (χ1v) is 7.23. The Hall–Kier alpha value is -0.830. The van der Waals surface area contributed by atoms with Crippen LogP contribution in [0.4, 0.5) is 0 Å². The number of hydrogen-bond acceptors (Lipinski definition) is 1. The average Bonchev–Trinajstić information content (AvgIpc) is 2.36. The Labute approximate surface area is 118 Å². The van der Waals surface area contributed by atoms with Crippen LogP contribution in [0.2, 0.25) is 0 Å². The van der Waals surface area contributed by atoms with Crippen LogP contribution in [0.15, 0.2) is 30.3 Å². The molecule has 0 radical (unpaired) electrons. The maximum Gasteiger partial charge on any atom is 0.234 e. The van der Waals surface area contributed by atoms with Gasteiger partial charge < -0.3 is 5.32 Å². The van der Waals surface area contributed by atoms with Crippen molar-refractivity contribution in [3.8, 4) is 0 Å². The molecule has 1 unspecified atom stereocenters. The second kappa shape index (κ2) is 6.37. The molecule has 3 heteroatoms. The molecule has 0 saturated carbocycles. The summed E-state index contributed by atoms with van der Waals surface area (Å²) in [6, 6.07) is 10.3. The molecule has 0 fully saturated rings. The van der Waals surface area contributed by atoms with Crippen LogP contribution in [0.5, 0.6) is 0 Å². The first-order chi connectivity index (χ1) is 8.34. The van der Waals surface area contributed by atoms with Gasteiger partial charge in [-0.3, -0.25) is 4.79 Å². The highest BCUT2D eigenvalue weighted by atomic mass is 79.9. The van der Waals surface area contributed by atoms with Crippen LogP contribution in [0.25, 0.3) is 0 Å². The van der Waals surface area contributed by atoms with Crippen molar-refractivity contribution in [2.45, 2.75) is 37.9 Å². The summed E-state index contributed by atoms with van der Waals surface area (Å²) in [6.07, 6.45) is 0. The summed E-state index contributed by atoms with van der Waals surface area (Å²) < 4.78 is 0. The third kappa shape index (κ3) is 4.13. The largest absolute Gasteiger partial charge is 0.354 e. The Morgan fingerprint density at radius 3 is 2.33 bits per heavy atom. The van der Waals surface area contributed by atoms with Crippen LogP contribution in [0.1, 0.15) is 33.3 Å². The summed E-state index contributed by atoms with van der Waals surface area (Å²) in [5.74, 6) is 0.360. The fraction of sp³-hybridized carbons (Fsp3) is 0.533. The van der Waals surface area contributed by atoms with E-state index in [0.717, 1.165) is 0 Å². The number of benzene rings is 1. The van der Waals surface area contributed by atoms with Gasteiger partial charge in [0, 0.05) is 12.0 Å². The number of alkyl halides is 1. The molecule has 0 aromatic heterocycles. The van der Waals surface area contributed by atoms with E-state index >= 15 is 0 Å². The lowest BCUT2D eigenvalue weighted by atomic mass is 9.84. The number of amides is 1. The van der Waals surface area contributed by atoms with Gasteiger partial charge >= 0.3 is 0 Å². The van der Waals surface area contributed by atoms with Gasteiger partial charge in [0.05, 0.1) is 4.83 Å². The van der Waals surface area contributed by atoms with E-state index in [-0.39, 0.29) is 16.1 Å². The number of rotatable bonds is 5. The molecule has 1 atom stereocenters. The lowest BCUT2D eigenvalue weighted by Crippen LogP contribution is -2.41. The van der Waals surface area contributed by atoms with Gasteiger partial charge in [-0.15, -0.1) is 0 Å².